The van der Waals surface area contributed by atoms with Crippen LogP contribution in [0.1, 0.15) is 0 Å². The molecule has 9 rings (SSSR count). The summed E-state index contributed by atoms with van der Waals surface area (Å²) in [7, 11) is 0. The molecule has 0 spiro atoms. The van der Waals surface area contributed by atoms with Gasteiger partial charge in [-0.3, -0.25) is 4.98 Å². The fourth-order valence-corrected chi connectivity index (χ4v) is 7.47. The van der Waals surface area contributed by atoms with Gasteiger partial charge in [0.25, 0.3) is 0 Å². The van der Waals surface area contributed by atoms with E-state index >= 15 is 0 Å². The first kappa shape index (κ1) is 23.5. The minimum Gasteiger partial charge on any atom is -0.308 e. The quantitative estimate of drug-likeness (QED) is 0.213. The maximum Gasteiger partial charge on any atom is 0.0964 e. The standard InChI is InChI=1S/C39H24N2S/c1-3-9-25(10-4-1)27-15-16-29-20-31(18-17-28(29)19-27)41-35-23-38-33(32-13-7-8-14-37(32)42-38)22-34(35)39-36(41)21-30(24-40-39)26-11-5-2-6-12-26/h1-24H. The van der Waals surface area contributed by atoms with Crippen LogP contribution < -0.4 is 0 Å². The smallest absolute Gasteiger partial charge is 0.0964 e. The van der Waals surface area contributed by atoms with Crippen LogP contribution in [0.4, 0.5) is 0 Å². The fourth-order valence-electron chi connectivity index (χ4n) is 6.35. The van der Waals surface area contributed by atoms with Gasteiger partial charge in [0.15, 0.2) is 0 Å². The minimum atomic E-state index is 1.03. The summed E-state index contributed by atoms with van der Waals surface area (Å²) < 4.78 is 5.01. The normalized spacial score (nSPS) is 11.8. The average molecular weight is 553 g/mol. The summed E-state index contributed by atoms with van der Waals surface area (Å²) in [6.07, 6.45) is 2.02. The molecular weight excluding hydrogens is 529 g/mol. The second-order valence-corrected chi connectivity index (χ2v) is 12.0. The number of benzene rings is 6. The van der Waals surface area contributed by atoms with E-state index in [0.717, 1.165) is 22.3 Å². The van der Waals surface area contributed by atoms with Crippen LogP contribution in [0.2, 0.25) is 0 Å². The molecule has 0 bridgehead atoms. The lowest BCUT2D eigenvalue weighted by atomic mass is 10.0. The highest BCUT2D eigenvalue weighted by Gasteiger charge is 2.18. The van der Waals surface area contributed by atoms with Gasteiger partial charge in [-0.05, 0) is 69.9 Å². The predicted octanol–water partition coefficient (Wildman–Crippen LogP) is 11.0. The highest BCUT2D eigenvalue weighted by Crippen LogP contribution is 2.41. The first-order chi connectivity index (χ1) is 20.8. The second kappa shape index (κ2) is 9.13. The third-order valence-electron chi connectivity index (χ3n) is 8.40. The van der Waals surface area contributed by atoms with E-state index in [2.05, 4.69) is 144 Å². The van der Waals surface area contributed by atoms with Crippen LogP contribution in [0.25, 0.3) is 80.8 Å². The van der Waals surface area contributed by atoms with E-state index in [4.69, 9.17) is 4.98 Å². The van der Waals surface area contributed by atoms with E-state index in [0.29, 0.717) is 0 Å². The van der Waals surface area contributed by atoms with E-state index in [1.54, 1.807) is 0 Å². The van der Waals surface area contributed by atoms with Crippen molar-refractivity contribution in [2.24, 2.45) is 0 Å². The Hall–Kier alpha value is -5.25. The van der Waals surface area contributed by atoms with Gasteiger partial charge in [0, 0.05) is 43.0 Å². The molecule has 2 nitrogen and oxygen atoms in total. The molecular formula is C39H24N2S. The maximum atomic E-state index is 5.09. The predicted molar refractivity (Wildman–Crippen MR) is 180 cm³/mol. The lowest BCUT2D eigenvalue weighted by molar-refractivity contribution is 1.18. The monoisotopic (exact) mass is 552 g/mol. The summed E-state index contributed by atoms with van der Waals surface area (Å²) in [5.41, 5.74) is 9.23. The zero-order valence-corrected chi connectivity index (χ0v) is 23.5. The van der Waals surface area contributed by atoms with Gasteiger partial charge in [0.05, 0.1) is 16.6 Å². The molecule has 3 heterocycles. The van der Waals surface area contributed by atoms with Gasteiger partial charge in [0.1, 0.15) is 0 Å². The van der Waals surface area contributed by atoms with Gasteiger partial charge in [-0.2, -0.15) is 0 Å². The van der Waals surface area contributed by atoms with Crippen LogP contribution in [0.5, 0.6) is 0 Å². The molecule has 196 valence electrons. The summed E-state index contributed by atoms with van der Waals surface area (Å²) in [4.78, 5) is 5.09. The molecule has 0 N–H and O–H groups in total. The third-order valence-corrected chi connectivity index (χ3v) is 9.53. The summed E-state index contributed by atoms with van der Waals surface area (Å²) >= 11 is 1.86. The first-order valence-electron chi connectivity index (χ1n) is 14.2. The van der Waals surface area contributed by atoms with Crippen molar-refractivity contribution in [3.63, 3.8) is 0 Å². The lowest BCUT2D eigenvalue weighted by Crippen LogP contribution is -1.94. The molecule has 0 saturated heterocycles. The SMILES string of the molecule is c1ccc(-c2ccc3cc(-n4c5cc6sc7ccccc7c6cc5c5ncc(-c6ccccc6)cc54)ccc3c2)cc1. The Balaban J connectivity index is 1.32. The lowest BCUT2D eigenvalue weighted by Gasteiger charge is -2.11. The largest absolute Gasteiger partial charge is 0.308 e. The molecule has 0 amide bonds. The molecule has 3 aromatic heterocycles. The fraction of sp³-hybridized carbons (Fsp3) is 0. The van der Waals surface area contributed by atoms with Gasteiger partial charge < -0.3 is 4.57 Å². The second-order valence-electron chi connectivity index (χ2n) is 10.9. The Labute approximate surface area is 246 Å². The molecule has 0 aliphatic heterocycles. The molecule has 0 atom stereocenters. The van der Waals surface area contributed by atoms with Crippen molar-refractivity contribution in [1.82, 2.24) is 9.55 Å². The van der Waals surface area contributed by atoms with Gasteiger partial charge in [-0.15, -0.1) is 11.3 Å². The summed E-state index contributed by atoms with van der Waals surface area (Å²) in [6, 6.07) is 50.4. The van der Waals surface area contributed by atoms with Crippen molar-refractivity contribution < 1.29 is 0 Å². The molecule has 3 heteroatoms. The average Bonchev–Trinajstić information content (AvgIpc) is 3.58. The third kappa shape index (κ3) is 3.61. The number of hydrogen-bond acceptors (Lipinski definition) is 2. The van der Waals surface area contributed by atoms with Crippen molar-refractivity contribution in [2.75, 3.05) is 0 Å². The molecule has 6 aromatic carbocycles. The Morgan fingerprint density at radius 1 is 0.452 bits per heavy atom. The summed E-state index contributed by atoms with van der Waals surface area (Å²) in [5.74, 6) is 0. The Morgan fingerprint density at radius 3 is 2.00 bits per heavy atom. The zero-order chi connectivity index (χ0) is 27.6. The van der Waals surface area contributed by atoms with Crippen molar-refractivity contribution >= 4 is 64.2 Å². The molecule has 9 aromatic rings. The van der Waals surface area contributed by atoms with Crippen molar-refractivity contribution in [2.45, 2.75) is 0 Å². The van der Waals surface area contributed by atoms with E-state index < -0.39 is 0 Å². The van der Waals surface area contributed by atoms with Gasteiger partial charge in [-0.1, -0.05) is 97.1 Å². The number of nitrogens with zero attached hydrogens (tertiary/aromatic N) is 2. The molecule has 0 saturated carbocycles. The highest BCUT2D eigenvalue weighted by molar-refractivity contribution is 7.25. The molecule has 0 aliphatic rings. The van der Waals surface area contributed by atoms with Crippen molar-refractivity contribution in [3.05, 3.63) is 146 Å². The number of thiophene rings is 1. The Kier molecular flexibility index (Phi) is 5.10. The number of pyridine rings is 1. The van der Waals surface area contributed by atoms with E-state index in [1.165, 1.54) is 58.5 Å². The minimum absolute atomic E-state index is 1.03. The number of aromatic nitrogens is 2. The van der Waals surface area contributed by atoms with Crippen LogP contribution in [0, 0.1) is 0 Å². The van der Waals surface area contributed by atoms with Crippen LogP contribution >= 0.6 is 11.3 Å². The zero-order valence-electron chi connectivity index (χ0n) is 22.7. The molecule has 0 unspecified atom stereocenters. The van der Waals surface area contributed by atoms with Crippen LogP contribution in [-0.2, 0) is 0 Å². The van der Waals surface area contributed by atoms with E-state index in [9.17, 15) is 0 Å². The topological polar surface area (TPSA) is 17.8 Å². The summed E-state index contributed by atoms with van der Waals surface area (Å²) in [5, 5.41) is 6.23. The number of rotatable bonds is 3. The van der Waals surface area contributed by atoms with Crippen LogP contribution in [0.15, 0.2) is 146 Å². The Morgan fingerprint density at radius 2 is 1.17 bits per heavy atom. The van der Waals surface area contributed by atoms with Crippen LogP contribution in [-0.4, -0.2) is 9.55 Å². The maximum absolute atomic E-state index is 5.09. The molecule has 0 aliphatic carbocycles. The first-order valence-corrected chi connectivity index (χ1v) is 15.0. The molecule has 0 fully saturated rings. The van der Waals surface area contributed by atoms with Crippen LogP contribution in [0.3, 0.4) is 0 Å². The van der Waals surface area contributed by atoms with Gasteiger partial charge >= 0.3 is 0 Å². The van der Waals surface area contributed by atoms with Gasteiger partial charge in [0.2, 0.25) is 0 Å². The number of hydrogen-bond donors (Lipinski definition) is 0. The van der Waals surface area contributed by atoms with E-state index in [1.807, 2.05) is 17.5 Å². The molecule has 0 radical (unpaired) electrons. The van der Waals surface area contributed by atoms with Gasteiger partial charge in [-0.25, -0.2) is 0 Å². The molecule has 42 heavy (non-hydrogen) atoms. The van der Waals surface area contributed by atoms with Crippen molar-refractivity contribution in [3.8, 4) is 27.9 Å². The summed E-state index contributed by atoms with van der Waals surface area (Å²) in [6.45, 7) is 0. The van der Waals surface area contributed by atoms with Crippen molar-refractivity contribution in [1.29, 1.82) is 0 Å². The number of fused-ring (bicyclic) bond motifs is 7. The Bertz CT molecular complexity index is 2450. The highest BCUT2D eigenvalue weighted by atomic mass is 32.1. The van der Waals surface area contributed by atoms with E-state index in [-0.39, 0.29) is 0 Å².